The zero-order chi connectivity index (χ0) is 12.7. The summed E-state index contributed by atoms with van der Waals surface area (Å²) >= 11 is 1.98. The molecule has 1 atom stereocenters. The van der Waals surface area contributed by atoms with Gasteiger partial charge in [0.2, 0.25) is 0 Å². The summed E-state index contributed by atoms with van der Waals surface area (Å²) in [7, 11) is 0. The number of hydrogen-bond donors (Lipinski definition) is 0. The average Bonchev–Trinajstić information content (AvgIpc) is 2.66. The molecule has 1 aliphatic rings. The molecular formula is C12H15IN4O. The Kier molecular flexibility index (Phi) is 3.14. The highest BCUT2D eigenvalue weighted by Crippen LogP contribution is 2.28. The zero-order valence-electron chi connectivity index (χ0n) is 10.4. The topological polar surface area (TPSA) is 42.7 Å². The number of aryl methyl sites for hydroxylation is 1. The first-order chi connectivity index (χ1) is 8.67. The molecule has 2 aromatic rings. The first-order valence-corrected chi connectivity index (χ1v) is 6.91. The monoisotopic (exact) mass is 358 g/mol. The summed E-state index contributed by atoms with van der Waals surface area (Å²) in [6.07, 6.45) is 2.36. The summed E-state index contributed by atoms with van der Waals surface area (Å²) in [6.45, 7) is 6.12. The molecule has 0 saturated carbocycles. The van der Waals surface area contributed by atoms with Crippen LogP contribution in [0.25, 0.3) is 5.65 Å². The van der Waals surface area contributed by atoms with E-state index in [0.717, 1.165) is 24.6 Å². The number of anilines is 1. The van der Waals surface area contributed by atoms with Crippen molar-refractivity contribution in [2.24, 2.45) is 5.92 Å². The van der Waals surface area contributed by atoms with Crippen molar-refractivity contribution < 1.29 is 3.07 Å². The predicted octanol–water partition coefficient (Wildman–Crippen LogP) is 2.23. The number of rotatable bonds is 3. The van der Waals surface area contributed by atoms with Gasteiger partial charge in [-0.2, -0.15) is 5.10 Å². The molecule has 1 saturated heterocycles. The van der Waals surface area contributed by atoms with Crippen LogP contribution < -0.4 is 4.90 Å². The van der Waals surface area contributed by atoms with Gasteiger partial charge in [-0.05, 0) is 26.0 Å². The molecule has 0 radical (unpaired) electrons. The van der Waals surface area contributed by atoms with E-state index in [1.165, 1.54) is 5.69 Å². The average molecular weight is 358 g/mol. The Bertz CT molecular complexity index is 564. The quantitative estimate of drug-likeness (QED) is 0.790. The summed E-state index contributed by atoms with van der Waals surface area (Å²) < 4.78 is 7.17. The van der Waals surface area contributed by atoms with Crippen molar-refractivity contribution in [3.63, 3.8) is 0 Å². The molecule has 0 aliphatic carbocycles. The molecule has 0 aromatic carbocycles. The second-order valence-corrected chi connectivity index (χ2v) is 5.32. The van der Waals surface area contributed by atoms with Crippen molar-refractivity contribution in [3.05, 3.63) is 24.2 Å². The van der Waals surface area contributed by atoms with Crippen LogP contribution in [0.1, 0.15) is 12.7 Å². The highest BCUT2D eigenvalue weighted by molar-refractivity contribution is 14.1. The molecule has 2 aromatic heterocycles. The van der Waals surface area contributed by atoms with Gasteiger partial charge in [-0.1, -0.05) is 0 Å². The molecule has 1 aliphatic heterocycles. The van der Waals surface area contributed by atoms with E-state index in [0.29, 0.717) is 12.0 Å². The second kappa shape index (κ2) is 4.65. The van der Waals surface area contributed by atoms with Crippen molar-refractivity contribution in [1.82, 2.24) is 14.6 Å². The van der Waals surface area contributed by atoms with Gasteiger partial charge in [-0.25, -0.2) is 9.50 Å². The smallest absolute Gasteiger partial charge is 0.155 e. The van der Waals surface area contributed by atoms with Gasteiger partial charge in [0, 0.05) is 19.0 Å². The molecule has 0 N–H and O–H groups in total. The lowest BCUT2D eigenvalue weighted by molar-refractivity contribution is 0.182. The van der Waals surface area contributed by atoms with E-state index < -0.39 is 0 Å². The Balaban J connectivity index is 1.76. The Morgan fingerprint density at radius 3 is 2.94 bits per heavy atom. The van der Waals surface area contributed by atoms with Gasteiger partial charge in [0.15, 0.2) is 5.65 Å². The summed E-state index contributed by atoms with van der Waals surface area (Å²) in [6, 6.07) is 4.12. The van der Waals surface area contributed by atoms with Crippen LogP contribution in [0.2, 0.25) is 0 Å². The standard InChI is InChI=1S/C12H15IN4O/c1-8(18-13)10-5-16(6-10)11-3-4-12-14-9(2)15-17(12)7-11/h3-4,7-8,10H,5-6H2,1-2H3. The van der Waals surface area contributed by atoms with Gasteiger partial charge in [0.05, 0.1) is 18.0 Å². The largest absolute Gasteiger partial charge is 0.369 e. The molecule has 18 heavy (non-hydrogen) atoms. The first-order valence-electron chi connectivity index (χ1n) is 6.03. The molecule has 96 valence electrons. The molecule has 1 fully saturated rings. The number of hydrogen-bond acceptors (Lipinski definition) is 4. The summed E-state index contributed by atoms with van der Waals surface area (Å²) in [5, 5.41) is 4.34. The van der Waals surface area contributed by atoms with Crippen molar-refractivity contribution >= 4 is 34.3 Å². The van der Waals surface area contributed by atoms with Crippen molar-refractivity contribution in [1.29, 1.82) is 0 Å². The molecule has 1 unspecified atom stereocenters. The van der Waals surface area contributed by atoms with Crippen LogP contribution in [0.4, 0.5) is 5.69 Å². The van der Waals surface area contributed by atoms with Crippen LogP contribution >= 0.6 is 23.0 Å². The van der Waals surface area contributed by atoms with E-state index in [-0.39, 0.29) is 0 Å². The van der Waals surface area contributed by atoms with Gasteiger partial charge in [-0.15, -0.1) is 0 Å². The predicted molar refractivity (Wildman–Crippen MR) is 78.0 cm³/mol. The summed E-state index contributed by atoms with van der Waals surface area (Å²) in [5.41, 5.74) is 2.10. The van der Waals surface area contributed by atoms with Crippen LogP contribution in [0.5, 0.6) is 0 Å². The third kappa shape index (κ3) is 2.07. The number of halogens is 1. The third-order valence-electron chi connectivity index (χ3n) is 3.50. The van der Waals surface area contributed by atoms with Crippen LogP contribution in [-0.4, -0.2) is 33.8 Å². The normalized spacial score (nSPS) is 18.1. The minimum atomic E-state index is 0.319. The van der Waals surface area contributed by atoms with Gasteiger partial charge < -0.3 is 7.97 Å². The third-order valence-corrected chi connectivity index (χ3v) is 4.30. The second-order valence-electron chi connectivity index (χ2n) is 4.81. The van der Waals surface area contributed by atoms with E-state index in [4.69, 9.17) is 3.07 Å². The maximum Gasteiger partial charge on any atom is 0.155 e. The van der Waals surface area contributed by atoms with Crippen molar-refractivity contribution in [3.8, 4) is 0 Å². The van der Waals surface area contributed by atoms with E-state index in [2.05, 4.69) is 28.0 Å². The van der Waals surface area contributed by atoms with Crippen molar-refractivity contribution in [2.45, 2.75) is 20.0 Å². The van der Waals surface area contributed by atoms with Gasteiger partial charge in [0.1, 0.15) is 28.8 Å². The lowest BCUT2D eigenvalue weighted by atomic mass is 9.94. The Hall–Kier alpha value is -0.890. The Morgan fingerprint density at radius 1 is 1.44 bits per heavy atom. The summed E-state index contributed by atoms with van der Waals surface area (Å²) in [4.78, 5) is 6.67. The highest BCUT2D eigenvalue weighted by Gasteiger charge is 2.32. The Morgan fingerprint density at radius 2 is 2.22 bits per heavy atom. The maximum absolute atomic E-state index is 5.33. The number of nitrogens with zero attached hydrogens (tertiary/aromatic N) is 4. The molecule has 3 rings (SSSR count). The van der Waals surface area contributed by atoms with E-state index >= 15 is 0 Å². The minimum Gasteiger partial charge on any atom is -0.369 e. The lowest BCUT2D eigenvalue weighted by Gasteiger charge is -2.42. The van der Waals surface area contributed by atoms with E-state index in [9.17, 15) is 0 Å². The maximum atomic E-state index is 5.33. The zero-order valence-corrected chi connectivity index (χ0v) is 12.5. The van der Waals surface area contributed by atoms with Crippen LogP contribution in [0.3, 0.4) is 0 Å². The fourth-order valence-electron chi connectivity index (χ4n) is 2.26. The molecule has 0 spiro atoms. The molecule has 6 heteroatoms. The van der Waals surface area contributed by atoms with E-state index in [1.807, 2.05) is 46.7 Å². The minimum absolute atomic E-state index is 0.319. The number of aromatic nitrogens is 3. The van der Waals surface area contributed by atoms with Crippen LogP contribution in [-0.2, 0) is 3.07 Å². The van der Waals surface area contributed by atoms with E-state index in [1.54, 1.807) is 0 Å². The molecule has 0 bridgehead atoms. The van der Waals surface area contributed by atoms with Crippen LogP contribution in [0, 0.1) is 12.8 Å². The van der Waals surface area contributed by atoms with Crippen molar-refractivity contribution in [2.75, 3.05) is 18.0 Å². The molecule has 3 heterocycles. The van der Waals surface area contributed by atoms with Gasteiger partial charge in [0.25, 0.3) is 0 Å². The lowest BCUT2D eigenvalue weighted by Crippen LogP contribution is -2.51. The van der Waals surface area contributed by atoms with Gasteiger partial charge in [-0.3, -0.25) is 0 Å². The van der Waals surface area contributed by atoms with Gasteiger partial charge >= 0.3 is 0 Å². The summed E-state index contributed by atoms with van der Waals surface area (Å²) in [5.74, 6) is 1.43. The molecule has 5 nitrogen and oxygen atoms in total. The molecule has 0 amide bonds. The first kappa shape index (κ1) is 12.2. The molecular weight excluding hydrogens is 343 g/mol. The number of pyridine rings is 1. The fourth-order valence-corrected chi connectivity index (χ4v) is 2.68. The highest BCUT2D eigenvalue weighted by atomic mass is 127. The number of fused-ring (bicyclic) bond motifs is 1. The Labute approximate surface area is 120 Å². The fraction of sp³-hybridized carbons (Fsp3) is 0.500. The van der Waals surface area contributed by atoms with Crippen LogP contribution in [0.15, 0.2) is 18.3 Å². The SMILES string of the molecule is Cc1nc2ccc(N3CC(C(C)OI)C3)cn2n1.